The summed E-state index contributed by atoms with van der Waals surface area (Å²) < 4.78 is 5.70. The Morgan fingerprint density at radius 3 is 2.38 bits per heavy atom. The van der Waals surface area contributed by atoms with Crippen molar-refractivity contribution in [3.8, 4) is 17.2 Å². The Labute approximate surface area is 125 Å². The van der Waals surface area contributed by atoms with Crippen LogP contribution in [0.5, 0.6) is 17.2 Å². The molecular weight excluding hydrogens is 266 g/mol. The number of nitrogens with one attached hydrogen (secondary N) is 1. The Morgan fingerprint density at radius 1 is 1.05 bits per heavy atom. The molecule has 2 aromatic carbocycles. The van der Waals surface area contributed by atoms with Crippen LogP contribution < -0.4 is 10.1 Å². The van der Waals surface area contributed by atoms with Gasteiger partial charge in [0, 0.05) is 0 Å². The van der Waals surface area contributed by atoms with Crippen molar-refractivity contribution < 1.29 is 14.9 Å². The molecule has 4 heteroatoms. The van der Waals surface area contributed by atoms with Gasteiger partial charge in [-0.1, -0.05) is 25.1 Å². The molecular formula is C17H21NO3. The van der Waals surface area contributed by atoms with Crippen LogP contribution in [0.2, 0.25) is 0 Å². The molecule has 112 valence electrons. The van der Waals surface area contributed by atoms with Gasteiger partial charge >= 0.3 is 0 Å². The van der Waals surface area contributed by atoms with Crippen molar-refractivity contribution in [2.45, 2.75) is 26.3 Å². The third kappa shape index (κ3) is 3.60. The molecule has 1 unspecified atom stereocenters. The van der Waals surface area contributed by atoms with E-state index in [2.05, 4.69) is 12.2 Å². The number of hydrogen-bond donors (Lipinski definition) is 3. The van der Waals surface area contributed by atoms with E-state index in [1.54, 1.807) is 18.2 Å². The maximum Gasteiger partial charge on any atom is 0.142 e. The van der Waals surface area contributed by atoms with E-state index in [4.69, 9.17) is 4.74 Å². The van der Waals surface area contributed by atoms with Crippen molar-refractivity contribution in [2.75, 3.05) is 11.9 Å². The average molecular weight is 287 g/mol. The Bertz CT molecular complexity index is 578. The molecule has 0 aliphatic carbocycles. The quantitative estimate of drug-likeness (QED) is 0.749. The van der Waals surface area contributed by atoms with Gasteiger partial charge in [-0.2, -0.15) is 0 Å². The van der Waals surface area contributed by atoms with Gasteiger partial charge in [-0.05, 0) is 37.6 Å². The molecule has 21 heavy (non-hydrogen) atoms. The third-order valence-corrected chi connectivity index (χ3v) is 3.21. The molecule has 0 amide bonds. The number of ether oxygens (including phenoxy) is 1. The standard InChI is InChI=1S/C17H21NO3/c1-3-11-21-16-10-5-4-7-13(16)18-12(2)17-14(19)8-6-9-15(17)20/h4-10,12,18-20H,3,11H2,1-2H3. The fourth-order valence-corrected chi connectivity index (χ4v) is 2.21. The molecule has 0 spiro atoms. The third-order valence-electron chi connectivity index (χ3n) is 3.21. The van der Waals surface area contributed by atoms with E-state index < -0.39 is 0 Å². The van der Waals surface area contributed by atoms with Crippen molar-refractivity contribution in [2.24, 2.45) is 0 Å². The second-order valence-corrected chi connectivity index (χ2v) is 4.92. The van der Waals surface area contributed by atoms with E-state index in [9.17, 15) is 10.2 Å². The van der Waals surface area contributed by atoms with E-state index in [-0.39, 0.29) is 17.5 Å². The molecule has 4 nitrogen and oxygen atoms in total. The maximum absolute atomic E-state index is 9.92. The summed E-state index contributed by atoms with van der Waals surface area (Å²) in [6.07, 6.45) is 0.935. The number of phenolic OH excluding ortho intramolecular Hbond substituents is 2. The summed E-state index contributed by atoms with van der Waals surface area (Å²) in [5.74, 6) is 0.907. The first-order chi connectivity index (χ1) is 10.1. The highest BCUT2D eigenvalue weighted by Gasteiger charge is 2.16. The average Bonchev–Trinajstić information content (AvgIpc) is 2.46. The van der Waals surface area contributed by atoms with Gasteiger partial charge in [-0.3, -0.25) is 0 Å². The smallest absolute Gasteiger partial charge is 0.142 e. The Balaban J connectivity index is 2.21. The summed E-state index contributed by atoms with van der Waals surface area (Å²) in [5, 5.41) is 23.1. The largest absolute Gasteiger partial charge is 0.507 e. The molecule has 0 heterocycles. The normalized spacial score (nSPS) is 11.9. The lowest BCUT2D eigenvalue weighted by Gasteiger charge is -2.20. The van der Waals surface area contributed by atoms with Crippen LogP contribution in [-0.4, -0.2) is 16.8 Å². The maximum atomic E-state index is 9.92. The van der Waals surface area contributed by atoms with Gasteiger partial charge in [0.15, 0.2) is 0 Å². The highest BCUT2D eigenvalue weighted by molar-refractivity contribution is 5.59. The van der Waals surface area contributed by atoms with Gasteiger partial charge in [0.05, 0.1) is 23.9 Å². The lowest BCUT2D eigenvalue weighted by atomic mass is 10.1. The number of hydrogen-bond acceptors (Lipinski definition) is 4. The van der Waals surface area contributed by atoms with E-state index in [1.165, 1.54) is 0 Å². The minimum absolute atomic E-state index is 0.0713. The number of para-hydroxylation sites is 2. The molecule has 0 fully saturated rings. The van der Waals surface area contributed by atoms with Crippen molar-refractivity contribution in [3.05, 3.63) is 48.0 Å². The SMILES string of the molecule is CCCOc1ccccc1NC(C)c1c(O)cccc1O. The molecule has 0 aliphatic heterocycles. The predicted octanol–water partition coefficient (Wildman–Crippen LogP) is 4.06. The highest BCUT2D eigenvalue weighted by Crippen LogP contribution is 2.36. The van der Waals surface area contributed by atoms with Crippen molar-refractivity contribution in [1.29, 1.82) is 0 Å². The topological polar surface area (TPSA) is 61.7 Å². The van der Waals surface area contributed by atoms with Crippen LogP contribution in [0.3, 0.4) is 0 Å². The molecule has 0 bridgehead atoms. The van der Waals surface area contributed by atoms with Gasteiger partial charge in [0.1, 0.15) is 17.2 Å². The zero-order valence-corrected chi connectivity index (χ0v) is 12.3. The second kappa shape index (κ2) is 6.88. The number of benzene rings is 2. The van der Waals surface area contributed by atoms with Gasteiger partial charge < -0.3 is 20.3 Å². The number of phenols is 2. The lowest BCUT2D eigenvalue weighted by molar-refractivity contribution is 0.318. The highest BCUT2D eigenvalue weighted by atomic mass is 16.5. The minimum Gasteiger partial charge on any atom is -0.507 e. The molecule has 0 saturated heterocycles. The van der Waals surface area contributed by atoms with Crippen molar-refractivity contribution in [3.63, 3.8) is 0 Å². The number of rotatable bonds is 6. The second-order valence-electron chi connectivity index (χ2n) is 4.92. The predicted molar refractivity (Wildman–Crippen MR) is 84.0 cm³/mol. The van der Waals surface area contributed by atoms with Crippen LogP contribution in [-0.2, 0) is 0 Å². The number of anilines is 1. The summed E-state index contributed by atoms with van der Waals surface area (Å²) in [7, 11) is 0. The molecule has 0 aromatic heterocycles. The van der Waals surface area contributed by atoms with Crippen LogP contribution in [0.1, 0.15) is 31.9 Å². The van der Waals surface area contributed by atoms with Crippen LogP contribution >= 0.6 is 0 Å². The summed E-state index contributed by atoms with van der Waals surface area (Å²) >= 11 is 0. The molecule has 2 rings (SSSR count). The summed E-state index contributed by atoms with van der Waals surface area (Å²) in [5.41, 5.74) is 1.31. The molecule has 0 aliphatic rings. The zero-order valence-electron chi connectivity index (χ0n) is 12.3. The summed E-state index contributed by atoms with van der Waals surface area (Å²) in [6.45, 7) is 4.58. The zero-order chi connectivity index (χ0) is 15.2. The first-order valence-electron chi connectivity index (χ1n) is 7.12. The fourth-order valence-electron chi connectivity index (χ4n) is 2.21. The Morgan fingerprint density at radius 2 is 1.71 bits per heavy atom. The van der Waals surface area contributed by atoms with Crippen molar-refractivity contribution >= 4 is 5.69 Å². The minimum atomic E-state index is -0.252. The lowest BCUT2D eigenvalue weighted by Crippen LogP contribution is -2.09. The van der Waals surface area contributed by atoms with Gasteiger partial charge in [-0.25, -0.2) is 0 Å². The van der Waals surface area contributed by atoms with E-state index in [0.717, 1.165) is 17.9 Å². The molecule has 1 atom stereocenters. The van der Waals surface area contributed by atoms with Gasteiger partial charge in [-0.15, -0.1) is 0 Å². The van der Waals surface area contributed by atoms with E-state index in [0.29, 0.717) is 12.2 Å². The van der Waals surface area contributed by atoms with Crippen LogP contribution in [0.25, 0.3) is 0 Å². The summed E-state index contributed by atoms with van der Waals surface area (Å²) in [6, 6.07) is 12.1. The number of aromatic hydroxyl groups is 2. The van der Waals surface area contributed by atoms with E-state index in [1.807, 2.05) is 31.2 Å². The van der Waals surface area contributed by atoms with E-state index >= 15 is 0 Å². The van der Waals surface area contributed by atoms with Crippen LogP contribution in [0.4, 0.5) is 5.69 Å². The summed E-state index contributed by atoms with van der Waals surface area (Å²) in [4.78, 5) is 0. The molecule has 0 radical (unpaired) electrons. The van der Waals surface area contributed by atoms with Crippen molar-refractivity contribution in [1.82, 2.24) is 0 Å². The fraction of sp³-hybridized carbons (Fsp3) is 0.294. The molecule has 0 saturated carbocycles. The first kappa shape index (κ1) is 15.0. The monoisotopic (exact) mass is 287 g/mol. The van der Waals surface area contributed by atoms with Gasteiger partial charge in [0.25, 0.3) is 0 Å². The Kier molecular flexibility index (Phi) is 4.93. The Hall–Kier alpha value is -2.36. The first-order valence-corrected chi connectivity index (χ1v) is 7.12. The van der Waals surface area contributed by atoms with Crippen LogP contribution in [0.15, 0.2) is 42.5 Å². The van der Waals surface area contributed by atoms with Gasteiger partial charge in [0.2, 0.25) is 0 Å². The molecule has 3 N–H and O–H groups in total. The van der Waals surface area contributed by atoms with Crippen LogP contribution in [0, 0.1) is 0 Å². The molecule has 2 aromatic rings.